The highest BCUT2D eigenvalue weighted by atomic mass is 35.5. The highest BCUT2D eigenvalue weighted by Crippen LogP contribution is 2.33. The van der Waals surface area contributed by atoms with Crippen LogP contribution in [0.5, 0.6) is 0 Å². The summed E-state index contributed by atoms with van der Waals surface area (Å²) in [6.07, 6.45) is 1.62. The molecule has 17 heavy (non-hydrogen) atoms. The van der Waals surface area contributed by atoms with Crippen molar-refractivity contribution in [2.24, 2.45) is 0 Å². The van der Waals surface area contributed by atoms with Gasteiger partial charge in [-0.3, -0.25) is 0 Å². The van der Waals surface area contributed by atoms with E-state index in [-0.39, 0.29) is 5.56 Å². The standard InChI is InChI=1S/C12H8ClNO2S/c13-9-5-3-7-14-11(9)17-10-6-2-1-4-8(10)12(15)16/h1-7H,(H,15,16). The fourth-order valence-electron chi connectivity index (χ4n) is 1.28. The Bertz CT molecular complexity index is 560. The Hall–Kier alpha value is -1.52. The van der Waals surface area contributed by atoms with Gasteiger partial charge >= 0.3 is 5.97 Å². The highest BCUT2D eigenvalue weighted by Gasteiger charge is 2.12. The van der Waals surface area contributed by atoms with Crippen LogP contribution in [0.25, 0.3) is 0 Å². The van der Waals surface area contributed by atoms with Crippen molar-refractivity contribution in [3.8, 4) is 0 Å². The number of hydrogen-bond acceptors (Lipinski definition) is 3. The third-order valence-corrected chi connectivity index (χ3v) is 3.56. The topological polar surface area (TPSA) is 50.2 Å². The van der Waals surface area contributed by atoms with Gasteiger partial charge in [0.1, 0.15) is 5.03 Å². The van der Waals surface area contributed by atoms with E-state index in [0.29, 0.717) is 14.9 Å². The van der Waals surface area contributed by atoms with E-state index in [1.54, 1.807) is 42.6 Å². The second-order valence-electron chi connectivity index (χ2n) is 3.19. The molecule has 0 bridgehead atoms. The van der Waals surface area contributed by atoms with Crippen molar-refractivity contribution in [3.63, 3.8) is 0 Å². The minimum atomic E-state index is -0.958. The number of carbonyl (C=O) groups is 1. The molecule has 0 radical (unpaired) electrons. The van der Waals surface area contributed by atoms with E-state index in [4.69, 9.17) is 16.7 Å². The second-order valence-corrected chi connectivity index (χ2v) is 4.63. The number of carboxylic acids is 1. The lowest BCUT2D eigenvalue weighted by Crippen LogP contribution is -1.98. The van der Waals surface area contributed by atoms with Crippen LogP contribution in [0.1, 0.15) is 10.4 Å². The van der Waals surface area contributed by atoms with Gasteiger partial charge in [0.15, 0.2) is 0 Å². The van der Waals surface area contributed by atoms with E-state index in [9.17, 15) is 4.79 Å². The molecule has 1 N–H and O–H groups in total. The lowest BCUT2D eigenvalue weighted by atomic mass is 10.2. The summed E-state index contributed by atoms with van der Waals surface area (Å²) in [5.41, 5.74) is 0.249. The van der Waals surface area contributed by atoms with Gasteiger partial charge in [-0.2, -0.15) is 0 Å². The molecule has 1 aromatic carbocycles. The third-order valence-electron chi connectivity index (χ3n) is 2.05. The van der Waals surface area contributed by atoms with Crippen molar-refractivity contribution < 1.29 is 9.90 Å². The first-order valence-corrected chi connectivity index (χ1v) is 5.98. The Morgan fingerprint density at radius 2 is 2.00 bits per heavy atom. The molecule has 0 aliphatic heterocycles. The minimum Gasteiger partial charge on any atom is -0.478 e. The average Bonchev–Trinajstić information content (AvgIpc) is 2.32. The maximum absolute atomic E-state index is 11.0. The molecule has 2 rings (SSSR count). The quantitative estimate of drug-likeness (QED) is 0.921. The number of hydrogen-bond donors (Lipinski definition) is 1. The summed E-state index contributed by atoms with van der Waals surface area (Å²) in [5.74, 6) is -0.958. The van der Waals surface area contributed by atoms with Gasteiger partial charge < -0.3 is 5.11 Å². The number of rotatable bonds is 3. The number of benzene rings is 1. The Balaban J connectivity index is 2.37. The maximum atomic E-state index is 11.0. The highest BCUT2D eigenvalue weighted by molar-refractivity contribution is 7.99. The van der Waals surface area contributed by atoms with Crippen molar-refractivity contribution in [2.45, 2.75) is 9.92 Å². The number of aromatic carboxylic acids is 1. The molecule has 2 aromatic rings. The molecule has 0 fully saturated rings. The summed E-state index contributed by atoms with van der Waals surface area (Å²) in [5, 5.41) is 10.2. The van der Waals surface area contributed by atoms with Crippen molar-refractivity contribution >= 4 is 29.3 Å². The van der Waals surface area contributed by atoms with Crippen molar-refractivity contribution in [1.82, 2.24) is 4.98 Å². The van der Waals surface area contributed by atoms with Crippen LogP contribution < -0.4 is 0 Å². The molecule has 5 heteroatoms. The summed E-state index contributed by atoms with van der Waals surface area (Å²) < 4.78 is 0. The Kier molecular flexibility index (Phi) is 3.66. The van der Waals surface area contributed by atoms with Crippen LogP contribution >= 0.6 is 23.4 Å². The number of carboxylic acid groups (broad SMARTS) is 1. The first kappa shape index (κ1) is 12.0. The predicted molar refractivity (Wildman–Crippen MR) is 66.8 cm³/mol. The van der Waals surface area contributed by atoms with E-state index in [1.165, 1.54) is 11.8 Å². The zero-order valence-electron chi connectivity index (χ0n) is 8.63. The Morgan fingerprint density at radius 3 is 2.71 bits per heavy atom. The van der Waals surface area contributed by atoms with Crippen LogP contribution in [0.15, 0.2) is 52.5 Å². The maximum Gasteiger partial charge on any atom is 0.336 e. The first-order valence-electron chi connectivity index (χ1n) is 4.79. The lowest BCUT2D eigenvalue weighted by molar-refractivity contribution is 0.0693. The van der Waals surface area contributed by atoms with Crippen LogP contribution in [-0.2, 0) is 0 Å². The summed E-state index contributed by atoms with van der Waals surface area (Å²) in [6.45, 7) is 0. The van der Waals surface area contributed by atoms with Gasteiger partial charge in [0.2, 0.25) is 0 Å². The second kappa shape index (κ2) is 5.21. The van der Waals surface area contributed by atoms with E-state index < -0.39 is 5.97 Å². The fourth-order valence-corrected chi connectivity index (χ4v) is 2.42. The first-order chi connectivity index (χ1) is 8.18. The van der Waals surface area contributed by atoms with Crippen molar-refractivity contribution in [2.75, 3.05) is 0 Å². The molecule has 1 heterocycles. The molecule has 3 nitrogen and oxygen atoms in total. The molecule has 0 saturated carbocycles. The summed E-state index contributed by atoms with van der Waals surface area (Å²) in [6, 6.07) is 10.2. The lowest BCUT2D eigenvalue weighted by Gasteiger charge is -2.05. The summed E-state index contributed by atoms with van der Waals surface area (Å²) in [7, 11) is 0. The summed E-state index contributed by atoms with van der Waals surface area (Å²) >= 11 is 7.22. The normalized spacial score (nSPS) is 10.2. The van der Waals surface area contributed by atoms with Gasteiger partial charge in [0, 0.05) is 11.1 Å². The Morgan fingerprint density at radius 1 is 1.24 bits per heavy atom. The van der Waals surface area contributed by atoms with Crippen LogP contribution in [0.4, 0.5) is 0 Å². The number of halogens is 1. The van der Waals surface area contributed by atoms with Crippen LogP contribution in [0.2, 0.25) is 5.02 Å². The van der Waals surface area contributed by atoms with Gasteiger partial charge in [0.25, 0.3) is 0 Å². The molecule has 86 valence electrons. The third kappa shape index (κ3) is 2.78. The van der Waals surface area contributed by atoms with Crippen LogP contribution in [0, 0.1) is 0 Å². The monoisotopic (exact) mass is 265 g/mol. The predicted octanol–water partition coefficient (Wildman–Crippen LogP) is 3.58. The van der Waals surface area contributed by atoms with Crippen molar-refractivity contribution in [3.05, 3.63) is 53.2 Å². The van der Waals surface area contributed by atoms with Gasteiger partial charge in [-0.1, -0.05) is 35.5 Å². The molecule has 0 amide bonds. The molecule has 0 unspecified atom stereocenters. The van der Waals surface area contributed by atoms with E-state index in [2.05, 4.69) is 4.98 Å². The summed E-state index contributed by atoms with van der Waals surface area (Å²) in [4.78, 5) is 15.8. The van der Waals surface area contributed by atoms with Gasteiger partial charge in [-0.05, 0) is 24.3 Å². The molecular weight excluding hydrogens is 258 g/mol. The fraction of sp³-hybridized carbons (Fsp3) is 0. The van der Waals surface area contributed by atoms with Gasteiger partial charge in [-0.25, -0.2) is 9.78 Å². The van der Waals surface area contributed by atoms with E-state index in [0.717, 1.165) is 0 Å². The van der Waals surface area contributed by atoms with E-state index >= 15 is 0 Å². The number of pyridine rings is 1. The SMILES string of the molecule is O=C(O)c1ccccc1Sc1ncccc1Cl. The molecular formula is C12H8ClNO2S. The number of aromatic nitrogens is 1. The largest absolute Gasteiger partial charge is 0.478 e. The zero-order chi connectivity index (χ0) is 12.3. The van der Waals surface area contributed by atoms with E-state index in [1.807, 2.05) is 0 Å². The van der Waals surface area contributed by atoms with Crippen LogP contribution in [-0.4, -0.2) is 16.1 Å². The average molecular weight is 266 g/mol. The minimum absolute atomic E-state index is 0.249. The molecule has 0 aliphatic rings. The molecule has 0 spiro atoms. The molecule has 0 saturated heterocycles. The zero-order valence-corrected chi connectivity index (χ0v) is 10.2. The van der Waals surface area contributed by atoms with Crippen LogP contribution in [0.3, 0.4) is 0 Å². The molecule has 0 atom stereocenters. The van der Waals surface area contributed by atoms with Gasteiger partial charge in [0.05, 0.1) is 10.6 Å². The molecule has 0 aliphatic carbocycles. The Labute approximate surface area is 107 Å². The smallest absolute Gasteiger partial charge is 0.336 e. The van der Waals surface area contributed by atoms with Gasteiger partial charge in [-0.15, -0.1) is 0 Å². The van der Waals surface area contributed by atoms with Crippen molar-refractivity contribution in [1.29, 1.82) is 0 Å². The molecule has 1 aromatic heterocycles. The number of nitrogens with zero attached hydrogens (tertiary/aromatic N) is 1.